The van der Waals surface area contributed by atoms with E-state index in [1.54, 1.807) is 20.4 Å². The van der Waals surface area contributed by atoms with Gasteiger partial charge in [-0.15, -0.1) is 0 Å². The molecule has 1 aliphatic carbocycles. The molecule has 11 nitrogen and oxygen atoms in total. The maximum absolute atomic E-state index is 17.4. The normalized spacial score (nSPS) is 22.2. The van der Waals surface area contributed by atoms with Gasteiger partial charge in [-0.05, 0) is 62.8 Å². The summed E-state index contributed by atoms with van der Waals surface area (Å²) in [4.78, 5) is 19.0. The molecule has 2 saturated heterocycles. The van der Waals surface area contributed by atoms with Crippen molar-refractivity contribution in [2.45, 2.75) is 63.5 Å². The number of anilines is 1. The van der Waals surface area contributed by atoms with Gasteiger partial charge in [0.25, 0.3) is 0 Å². The first-order valence-electron chi connectivity index (χ1n) is 16.7. The second-order valence-electron chi connectivity index (χ2n) is 13.1. The van der Waals surface area contributed by atoms with E-state index in [1.807, 2.05) is 0 Å². The Kier molecular flexibility index (Phi) is 8.75. The summed E-state index contributed by atoms with van der Waals surface area (Å²) in [6.07, 6.45) is 7.73. The van der Waals surface area contributed by atoms with Crippen molar-refractivity contribution in [3.8, 4) is 23.1 Å². The number of aryl methyl sites for hydroxylation is 1. The number of aromatic nitrogens is 5. The van der Waals surface area contributed by atoms with Gasteiger partial charge in [0.05, 0.1) is 37.1 Å². The van der Waals surface area contributed by atoms with Crippen LogP contribution in [0.2, 0.25) is 0 Å². The summed E-state index contributed by atoms with van der Waals surface area (Å²) in [5.74, 6) is 0.208. The standard InChI is InChI=1S/C35H44FN7O4/c1-6-11-35(17-21(2)19-42(35)3)20-47-34-39-31-28(32(40-34)43-12-8-14-46-15-13-43)33(45-5)38-30(29(31)36)27-23-18-37-41-24(23)16-22-9-7-10-25(44-4)26(22)27/h16,18,25H,2,6-15,17,19-20H2,1,3-5H3,(H,37,41). The van der Waals surface area contributed by atoms with Gasteiger partial charge in [-0.1, -0.05) is 25.5 Å². The van der Waals surface area contributed by atoms with E-state index in [1.165, 1.54) is 5.57 Å². The minimum Gasteiger partial charge on any atom is -0.480 e. The number of nitrogens with one attached hydrogen (secondary N) is 1. The Morgan fingerprint density at radius 2 is 2.04 bits per heavy atom. The first kappa shape index (κ1) is 31.7. The predicted molar refractivity (Wildman–Crippen MR) is 179 cm³/mol. The van der Waals surface area contributed by atoms with Crippen molar-refractivity contribution < 1.29 is 23.3 Å². The van der Waals surface area contributed by atoms with Crippen molar-refractivity contribution >= 4 is 27.6 Å². The van der Waals surface area contributed by atoms with Crippen LogP contribution < -0.4 is 14.4 Å². The minimum atomic E-state index is -0.564. The van der Waals surface area contributed by atoms with E-state index in [2.05, 4.69) is 46.6 Å². The summed E-state index contributed by atoms with van der Waals surface area (Å²) in [5, 5.41) is 8.58. The van der Waals surface area contributed by atoms with Crippen LogP contribution >= 0.6 is 0 Å². The van der Waals surface area contributed by atoms with Crippen molar-refractivity contribution in [3.63, 3.8) is 0 Å². The van der Waals surface area contributed by atoms with Crippen molar-refractivity contribution in [2.24, 2.45) is 0 Å². The van der Waals surface area contributed by atoms with Crippen LogP contribution in [0.15, 0.2) is 24.4 Å². The Morgan fingerprint density at radius 3 is 2.81 bits per heavy atom. The van der Waals surface area contributed by atoms with E-state index in [0.717, 1.165) is 73.5 Å². The zero-order chi connectivity index (χ0) is 32.7. The zero-order valence-electron chi connectivity index (χ0n) is 27.8. The third kappa shape index (κ3) is 5.59. The fourth-order valence-corrected chi connectivity index (χ4v) is 7.85. The van der Waals surface area contributed by atoms with Crippen LogP contribution in [-0.4, -0.2) is 96.3 Å². The van der Waals surface area contributed by atoms with E-state index in [-0.39, 0.29) is 34.7 Å². The topological polar surface area (TPSA) is 111 Å². The highest BCUT2D eigenvalue weighted by Crippen LogP contribution is 2.46. The van der Waals surface area contributed by atoms with Crippen molar-refractivity contribution in [3.05, 3.63) is 41.4 Å². The largest absolute Gasteiger partial charge is 0.480 e. The summed E-state index contributed by atoms with van der Waals surface area (Å²) in [7, 11) is 5.35. The number of methoxy groups -OCH3 is 2. The molecule has 250 valence electrons. The molecule has 0 amide bonds. The summed E-state index contributed by atoms with van der Waals surface area (Å²) in [6.45, 7) is 10.0. The molecular weight excluding hydrogens is 601 g/mol. The first-order chi connectivity index (χ1) is 22.9. The van der Waals surface area contributed by atoms with Gasteiger partial charge < -0.3 is 23.8 Å². The lowest BCUT2D eigenvalue weighted by Gasteiger charge is -2.35. The molecule has 3 aromatic heterocycles. The maximum Gasteiger partial charge on any atom is 0.319 e. The molecule has 2 atom stereocenters. The molecule has 1 aromatic carbocycles. The van der Waals surface area contributed by atoms with E-state index < -0.39 is 5.82 Å². The molecule has 4 aromatic rings. The Hall–Kier alpha value is -3.87. The number of ether oxygens (including phenoxy) is 4. The highest BCUT2D eigenvalue weighted by atomic mass is 19.1. The number of nitrogens with zero attached hydrogens (tertiary/aromatic N) is 6. The number of likely N-dealkylation sites (N-methyl/N-ethyl adjacent to an activating group) is 1. The second kappa shape index (κ2) is 13.0. The number of fused-ring (bicyclic) bond motifs is 3. The number of halogens is 1. The Morgan fingerprint density at radius 1 is 1.17 bits per heavy atom. The summed E-state index contributed by atoms with van der Waals surface area (Å²) < 4.78 is 41.5. The first-order valence-corrected chi connectivity index (χ1v) is 16.7. The van der Waals surface area contributed by atoms with Crippen LogP contribution in [0, 0.1) is 5.82 Å². The third-order valence-corrected chi connectivity index (χ3v) is 10.1. The van der Waals surface area contributed by atoms with Gasteiger partial charge in [0.1, 0.15) is 29.0 Å². The molecule has 2 unspecified atom stereocenters. The lowest BCUT2D eigenvalue weighted by Crippen LogP contribution is -2.46. The number of likely N-dealkylation sites (tertiary alicyclic amines) is 1. The number of pyridine rings is 1. The molecule has 47 heavy (non-hydrogen) atoms. The molecule has 0 saturated carbocycles. The highest BCUT2D eigenvalue weighted by Gasteiger charge is 2.41. The van der Waals surface area contributed by atoms with Gasteiger partial charge in [0, 0.05) is 44.3 Å². The van der Waals surface area contributed by atoms with Gasteiger partial charge in [-0.25, -0.2) is 9.37 Å². The lowest BCUT2D eigenvalue weighted by molar-refractivity contribution is 0.0829. The van der Waals surface area contributed by atoms with Crippen molar-refractivity contribution in [1.29, 1.82) is 0 Å². The number of H-pyrrole nitrogens is 1. The van der Waals surface area contributed by atoms with E-state index in [9.17, 15) is 0 Å². The SMILES string of the molecule is C=C1CN(C)C(CCC)(COc2nc(N3CCCOCC3)c3c(OC)nc(-c4c5c(cc6[nH]ncc46)CCCC5OC)c(F)c3n2)C1. The highest BCUT2D eigenvalue weighted by molar-refractivity contribution is 6.01. The van der Waals surface area contributed by atoms with Gasteiger partial charge in [0.2, 0.25) is 5.88 Å². The Balaban J connectivity index is 1.44. The molecular formula is C35H44FN7O4. The minimum absolute atomic E-state index is 0.102. The second-order valence-corrected chi connectivity index (χ2v) is 13.1. The Bertz CT molecular complexity index is 1800. The number of hydrogen-bond acceptors (Lipinski definition) is 10. The smallest absolute Gasteiger partial charge is 0.319 e. The maximum atomic E-state index is 17.4. The zero-order valence-corrected chi connectivity index (χ0v) is 27.8. The molecule has 2 fully saturated rings. The summed E-state index contributed by atoms with van der Waals surface area (Å²) in [6, 6.07) is 2.22. The monoisotopic (exact) mass is 645 g/mol. The van der Waals surface area contributed by atoms with E-state index in [0.29, 0.717) is 49.7 Å². The van der Waals surface area contributed by atoms with Crippen LogP contribution in [0.4, 0.5) is 10.2 Å². The number of hydrogen-bond donors (Lipinski definition) is 1. The molecule has 0 bridgehead atoms. The average Bonchev–Trinajstić information content (AvgIpc) is 3.53. The van der Waals surface area contributed by atoms with Crippen LogP contribution in [0.25, 0.3) is 33.1 Å². The van der Waals surface area contributed by atoms with Crippen LogP contribution in [-0.2, 0) is 15.9 Å². The van der Waals surface area contributed by atoms with Crippen LogP contribution in [0.5, 0.6) is 11.9 Å². The summed E-state index contributed by atoms with van der Waals surface area (Å²) >= 11 is 0. The molecule has 7 rings (SSSR count). The number of aromatic amines is 1. The molecule has 5 heterocycles. The van der Waals surface area contributed by atoms with Gasteiger partial charge in [-0.2, -0.15) is 15.1 Å². The van der Waals surface area contributed by atoms with Crippen molar-refractivity contribution in [1.82, 2.24) is 30.0 Å². The molecule has 2 aliphatic heterocycles. The van der Waals surface area contributed by atoms with Crippen LogP contribution in [0.1, 0.15) is 62.7 Å². The number of rotatable bonds is 9. The lowest BCUT2D eigenvalue weighted by atomic mass is 9.83. The third-order valence-electron chi connectivity index (χ3n) is 10.1. The molecule has 1 N–H and O–H groups in total. The van der Waals surface area contributed by atoms with E-state index in [4.69, 9.17) is 33.9 Å². The average molecular weight is 646 g/mol. The van der Waals surface area contributed by atoms with Crippen LogP contribution in [0.3, 0.4) is 0 Å². The fraction of sp³-hybridized carbons (Fsp3) is 0.543. The fourth-order valence-electron chi connectivity index (χ4n) is 7.85. The van der Waals surface area contributed by atoms with Gasteiger partial charge in [-0.3, -0.25) is 10.00 Å². The summed E-state index contributed by atoms with van der Waals surface area (Å²) in [5.41, 5.74) is 4.68. The van der Waals surface area contributed by atoms with Crippen molar-refractivity contribution in [2.75, 3.05) is 65.6 Å². The molecule has 3 aliphatic rings. The molecule has 0 radical (unpaired) electrons. The van der Waals surface area contributed by atoms with Gasteiger partial charge in [0.15, 0.2) is 5.82 Å². The number of benzene rings is 1. The van der Waals surface area contributed by atoms with E-state index >= 15 is 4.39 Å². The quantitative estimate of drug-likeness (QED) is 0.225. The van der Waals surface area contributed by atoms with Gasteiger partial charge >= 0.3 is 6.01 Å². The predicted octanol–water partition coefficient (Wildman–Crippen LogP) is 5.78. The molecule has 12 heteroatoms. The Labute approximate surface area is 274 Å². The molecule has 0 spiro atoms.